The maximum atomic E-state index is 5.88. The number of benzene rings is 1. The molecule has 0 aromatic heterocycles. The summed E-state index contributed by atoms with van der Waals surface area (Å²) < 4.78 is 1.13. The average molecular weight is 283 g/mol. The quantitative estimate of drug-likeness (QED) is 0.920. The fourth-order valence-corrected chi connectivity index (χ4v) is 2.59. The van der Waals surface area contributed by atoms with E-state index in [0.29, 0.717) is 5.92 Å². The van der Waals surface area contributed by atoms with Crippen LogP contribution in [0.3, 0.4) is 0 Å². The summed E-state index contributed by atoms with van der Waals surface area (Å²) >= 11 is 3.46. The van der Waals surface area contributed by atoms with Gasteiger partial charge in [0.25, 0.3) is 0 Å². The molecule has 0 unspecified atom stereocenters. The minimum Gasteiger partial charge on any atom is -0.330 e. The first kappa shape index (κ1) is 12.1. The second-order valence-corrected chi connectivity index (χ2v) is 5.41. The lowest BCUT2D eigenvalue weighted by Gasteiger charge is -2.22. The van der Waals surface area contributed by atoms with E-state index < -0.39 is 0 Å². The van der Waals surface area contributed by atoms with Gasteiger partial charge in [-0.3, -0.25) is 0 Å². The molecule has 0 saturated carbocycles. The lowest BCUT2D eigenvalue weighted by Crippen LogP contribution is -2.29. The van der Waals surface area contributed by atoms with Crippen LogP contribution in [0.5, 0.6) is 0 Å². The Bertz CT molecular complexity index is 317. The van der Waals surface area contributed by atoms with Crippen molar-refractivity contribution in [2.24, 2.45) is 5.73 Å². The summed E-state index contributed by atoms with van der Waals surface area (Å²) in [4.78, 5) is 2.53. The summed E-state index contributed by atoms with van der Waals surface area (Å²) in [6.07, 6.45) is 2.69. The van der Waals surface area contributed by atoms with E-state index in [2.05, 4.69) is 45.1 Å². The fraction of sp³-hybridized carbons (Fsp3) is 0.538. The summed E-state index contributed by atoms with van der Waals surface area (Å²) in [6.45, 7) is 4.33. The van der Waals surface area contributed by atoms with Gasteiger partial charge in [0.2, 0.25) is 0 Å². The first-order chi connectivity index (χ1) is 7.79. The Morgan fingerprint density at radius 3 is 2.38 bits per heavy atom. The third-order valence-electron chi connectivity index (χ3n) is 3.30. The molecule has 2 nitrogen and oxygen atoms in total. The summed E-state index contributed by atoms with van der Waals surface area (Å²) in [7, 11) is 0. The highest BCUT2D eigenvalue weighted by Gasteiger charge is 2.17. The Kier molecular flexibility index (Phi) is 4.38. The third kappa shape index (κ3) is 3.06. The molecule has 88 valence electrons. The highest BCUT2D eigenvalue weighted by atomic mass is 79.9. The zero-order valence-corrected chi connectivity index (χ0v) is 11.1. The van der Waals surface area contributed by atoms with E-state index in [1.165, 1.54) is 31.5 Å². The first-order valence-electron chi connectivity index (χ1n) is 5.97. The van der Waals surface area contributed by atoms with Crippen molar-refractivity contribution in [3.05, 3.63) is 34.3 Å². The Morgan fingerprint density at radius 1 is 1.19 bits per heavy atom. The molecule has 1 saturated heterocycles. The van der Waals surface area contributed by atoms with Crippen molar-refractivity contribution in [2.75, 3.05) is 26.2 Å². The lowest BCUT2D eigenvalue weighted by molar-refractivity contribution is 0.315. The highest BCUT2D eigenvalue weighted by Crippen LogP contribution is 2.20. The van der Waals surface area contributed by atoms with Crippen molar-refractivity contribution in [3.63, 3.8) is 0 Å². The number of hydrogen-bond acceptors (Lipinski definition) is 2. The molecular formula is C13H19BrN2. The molecule has 1 aliphatic rings. The van der Waals surface area contributed by atoms with Gasteiger partial charge < -0.3 is 10.6 Å². The van der Waals surface area contributed by atoms with Gasteiger partial charge in [-0.05, 0) is 43.6 Å². The fourth-order valence-electron chi connectivity index (χ4n) is 2.33. The van der Waals surface area contributed by atoms with Crippen molar-refractivity contribution >= 4 is 15.9 Å². The van der Waals surface area contributed by atoms with Gasteiger partial charge in [-0.15, -0.1) is 0 Å². The van der Waals surface area contributed by atoms with Gasteiger partial charge in [-0.25, -0.2) is 0 Å². The second kappa shape index (κ2) is 5.80. The highest BCUT2D eigenvalue weighted by molar-refractivity contribution is 9.10. The maximum absolute atomic E-state index is 5.88. The van der Waals surface area contributed by atoms with Crippen LogP contribution in [0, 0.1) is 0 Å². The normalized spacial score (nSPS) is 18.9. The van der Waals surface area contributed by atoms with Gasteiger partial charge in [-0.1, -0.05) is 28.1 Å². The predicted molar refractivity (Wildman–Crippen MR) is 71.6 cm³/mol. The standard InChI is InChI=1S/C13H19BrN2/c14-13-5-3-11(4-6-13)12(9-15)10-16-7-1-2-8-16/h3-6,12H,1-2,7-10,15H2/t12-/m1/s1. The van der Waals surface area contributed by atoms with E-state index in [9.17, 15) is 0 Å². The molecule has 0 radical (unpaired) electrons. The second-order valence-electron chi connectivity index (χ2n) is 4.49. The van der Waals surface area contributed by atoms with Gasteiger partial charge in [0.1, 0.15) is 0 Å². The molecule has 1 aromatic carbocycles. The van der Waals surface area contributed by atoms with Crippen molar-refractivity contribution in [2.45, 2.75) is 18.8 Å². The average Bonchev–Trinajstić information content (AvgIpc) is 2.80. The van der Waals surface area contributed by atoms with E-state index in [0.717, 1.165) is 17.6 Å². The topological polar surface area (TPSA) is 29.3 Å². The molecule has 1 aliphatic heterocycles. The molecule has 0 amide bonds. The van der Waals surface area contributed by atoms with Crippen LogP contribution in [-0.2, 0) is 0 Å². The Balaban J connectivity index is 2.00. The van der Waals surface area contributed by atoms with E-state index in [-0.39, 0.29) is 0 Å². The smallest absolute Gasteiger partial charge is 0.0175 e. The molecule has 2 N–H and O–H groups in total. The van der Waals surface area contributed by atoms with Crippen molar-refractivity contribution < 1.29 is 0 Å². The molecule has 1 heterocycles. The lowest BCUT2D eigenvalue weighted by atomic mass is 9.99. The zero-order valence-electron chi connectivity index (χ0n) is 9.53. The van der Waals surface area contributed by atoms with Gasteiger partial charge in [0.05, 0.1) is 0 Å². The van der Waals surface area contributed by atoms with Gasteiger partial charge in [-0.2, -0.15) is 0 Å². The van der Waals surface area contributed by atoms with Gasteiger partial charge in [0.15, 0.2) is 0 Å². The van der Waals surface area contributed by atoms with E-state index >= 15 is 0 Å². The SMILES string of the molecule is NC[C@H](CN1CCCC1)c1ccc(Br)cc1. The Morgan fingerprint density at radius 2 is 1.81 bits per heavy atom. The largest absolute Gasteiger partial charge is 0.330 e. The minimum absolute atomic E-state index is 0.478. The molecule has 2 rings (SSSR count). The van der Waals surface area contributed by atoms with Crippen LogP contribution in [0.25, 0.3) is 0 Å². The van der Waals surface area contributed by atoms with Gasteiger partial charge in [0, 0.05) is 23.5 Å². The van der Waals surface area contributed by atoms with Crippen LogP contribution < -0.4 is 5.73 Å². The number of halogens is 1. The number of likely N-dealkylation sites (tertiary alicyclic amines) is 1. The number of hydrogen-bond donors (Lipinski definition) is 1. The molecule has 3 heteroatoms. The molecule has 1 fully saturated rings. The molecule has 0 spiro atoms. The van der Waals surface area contributed by atoms with Crippen molar-refractivity contribution in [3.8, 4) is 0 Å². The summed E-state index contributed by atoms with van der Waals surface area (Å²) in [6, 6.07) is 8.55. The summed E-state index contributed by atoms with van der Waals surface area (Å²) in [5.41, 5.74) is 7.24. The molecule has 16 heavy (non-hydrogen) atoms. The number of nitrogens with two attached hydrogens (primary N) is 1. The number of rotatable bonds is 4. The summed E-state index contributed by atoms with van der Waals surface area (Å²) in [5, 5.41) is 0. The molecule has 1 aromatic rings. The van der Waals surface area contributed by atoms with E-state index in [1.807, 2.05) is 0 Å². The monoisotopic (exact) mass is 282 g/mol. The Hall–Kier alpha value is -0.380. The predicted octanol–water partition coefficient (Wildman–Crippen LogP) is 2.59. The van der Waals surface area contributed by atoms with E-state index in [4.69, 9.17) is 5.73 Å². The van der Waals surface area contributed by atoms with Crippen molar-refractivity contribution in [1.82, 2.24) is 4.90 Å². The third-order valence-corrected chi connectivity index (χ3v) is 3.83. The van der Waals surface area contributed by atoms with Crippen LogP contribution in [0.1, 0.15) is 24.3 Å². The maximum Gasteiger partial charge on any atom is 0.0175 e. The Labute approximate surface area is 106 Å². The molecule has 0 bridgehead atoms. The molecule has 0 aliphatic carbocycles. The minimum atomic E-state index is 0.478. The zero-order chi connectivity index (χ0) is 11.4. The van der Waals surface area contributed by atoms with Crippen LogP contribution >= 0.6 is 15.9 Å². The number of nitrogens with zero attached hydrogens (tertiary/aromatic N) is 1. The van der Waals surface area contributed by atoms with E-state index in [1.54, 1.807) is 0 Å². The van der Waals surface area contributed by atoms with Crippen molar-refractivity contribution in [1.29, 1.82) is 0 Å². The van der Waals surface area contributed by atoms with Crippen LogP contribution in [-0.4, -0.2) is 31.1 Å². The molecular weight excluding hydrogens is 264 g/mol. The molecule has 1 atom stereocenters. The van der Waals surface area contributed by atoms with Crippen LogP contribution in [0.15, 0.2) is 28.7 Å². The van der Waals surface area contributed by atoms with Gasteiger partial charge >= 0.3 is 0 Å². The van der Waals surface area contributed by atoms with Crippen LogP contribution in [0.4, 0.5) is 0 Å². The van der Waals surface area contributed by atoms with Crippen LogP contribution in [0.2, 0.25) is 0 Å². The first-order valence-corrected chi connectivity index (χ1v) is 6.77. The summed E-state index contributed by atoms with van der Waals surface area (Å²) in [5.74, 6) is 0.478.